The van der Waals surface area contributed by atoms with Gasteiger partial charge in [-0.15, -0.1) is 0 Å². The molecule has 2 fully saturated rings. The Bertz CT molecular complexity index is 576. The fourth-order valence-electron chi connectivity index (χ4n) is 2.84. The molecule has 2 saturated heterocycles. The van der Waals surface area contributed by atoms with E-state index in [1.165, 1.54) is 4.68 Å². The van der Waals surface area contributed by atoms with Gasteiger partial charge in [-0.1, -0.05) is 0 Å². The predicted molar refractivity (Wildman–Crippen MR) is 77.3 cm³/mol. The Morgan fingerprint density at radius 1 is 1.48 bits per heavy atom. The monoisotopic (exact) mass is 314 g/mol. The van der Waals surface area contributed by atoms with Crippen LogP contribution in [0.3, 0.4) is 0 Å². The second-order valence-electron chi connectivity index (χ2n) is 5.58. The highest BCUT2D eigenvalue weighted by Crippen LogP contribution is 2.46. The van der Waals surface area contributed by atoms with Gasteiger partial charge in [0.2, 0.25) is 0 Å². The van der Waals surface area contributed by atoms with Crippen molar-refractivity contribution < 1.29 is 19.3 Å². The van der Waals surface area contributed by atoms with Crippen LogP contribution in [0, 0.1) is 0 Å². The molecule has 2 aliphatic heterocycles. The Morgan fingerprint density at radius 3 is 2.71 bits per heavy atom. The summed E-state index contributed by atoms with van der Waals surface area (Å²) in [4.78, 5) is 0. The average molecular weight is 314 g/mol. The van der Waals surface area contributed by atoms with Gasteiger partial charge in [-0.2, -0.15) is 9.78 Å². The SMILES string of the molecule is CC1(C)OC2[C@@H](O1)[C@@H](CO)O[C@H]2c1cnn(C(N)=S)c1N. The highest BCUT2D eigenvalue weighted by Gasteiger charge is 2.56. The lowest BCUT2D eigenvalue weighted by Gasteiger charge is -2.23. The number of anilines is 1. The van der Waals surface area contributed by atoms with Crippen molar-refractivity contribution in [2.45, 2.75) is 44.1 Å². The number of aromatic nitrogens is 2. The summed E-state index contributed by atoms with van der Waals surface area (Å²) in [5.74, 6) is -0.434. The molecule has 1 unspecified atom stereocenters. The van der Waals surface area contributed by atoms with Gasteiger partial charge in [0.15, 0.2) is 10.9 Å². The van der Waals surface area contributed by atoms with Crippen LogP contribution in [0.25, 0.3) is 0 Å². The quantitative estimate of drug-likeness (QED) is 0.626. The molecule has 1 aromatic heterocycles. The van der Waals surface area contributed by atoms with Gasteiger partial charge < -0.3 is 30.8 Å². The molecule has 8 nitrogen and oxygen atoms in total. The van der Waals surface area contributed by atoms with E-state index in [9.17, 15) is 5.11 Å². The van der Waals surface area contributed by atoms with Crippen molar-refractivity contribution in [2.24, 2.45) is 5.73 Å². The average Bonchev–Trinajstić information content (AvgIpc) is 3.00. The molecule has 5 N–H and O–H groups in total. The Kier molecular flexibility index (Phi) is 3.41. The second kappa shape index (κ2) is 4.89. The first kappa shape index (κ1) is 14.7. The summed E-state index contributed by atoms with van der Waals surface area (Å²) in [5, 5.41) is 13.6. The smallest absolute Gasteiger partial charge is 0.193 e. The van der Waals surface area contributed by atoms with Gasteiger partial charge in [0.25, 0.3) is 0 Å². The Morgan fingerprint density at radius 2 is 2.14 bits per heavy atom. The van der Waals surface area contributed by atoms with Crippen LogP contribution in [0.4, 0.5) is 5.82 Å². The molecule has 0 aromatic carbocycles. The van der Waals surface area contributed by atoms with E-state index in [-0.39, 0.29) is 23.9 Å². The highest BCUT2D eigenvalue weighted by molar-refractivity contribution is 7.80. The van der Waals surface area contributed by atoms with Gasteiger partial charge >= 0.3 is 0 Å². The zero-order valence-corrected chi connectivity index (χ0v) is 12.5. The van der Waals surface area contributed by atoms with E-state index < -0.39 is 18.0 Å². The topological polar surface area (TPSA) is 118 Å². The molecule has 116 valence electrons. The summed E-state index contributed by atoms with van der Waals surface area (Å²) in [5.41, 5.74) is 12.2. The molecule has 9 heteroatoms. The fourth-order valence-corrected chi connectivity index (χ4v) is 2.99. The number of nitrogens with zero attached hydrogens (tertiary/aromatic N) is 2. The molecule has 0 amide bonds. The number of thiocarbonyl (C=S) groups is 1. The van der Waals surface area contributed by atoms with Gasteiger partial charge in [0.1, 0.15) is 30.2 Å². The summed E-state index contributed by atoms with van der Waals surface area (Å²) in [6.07, 6.45) is -0.151. The van der Waals surface area contributed by atoms with Crippen LogP contribution in [0.2, 0.25) is 0 Å². The van der Waals surface area contributed by atoms with Crippen molar-refractivity contribution >= 4 is 23.1 Å². The molecule has 21 heavy (non-hydrogen) atoms. The minimum Gasteiger partial charge on any atom is -0.394 e. The number of aliphatic hydroxyl groups excluding tert-OH is 1. The first-order chi connectivity index (χ1) is 9.84. The van der Waals surface area contributed by atoms with Crippen molar-refractivity contribution in [3.05, 3.63) is 11.8 Å². The van der Waals surface area contributed by atoms with Gasteiger partial charge in [-0.05, 0) is 26.1 Å². The summed E-state index contributed by atoms with van der Waals surface area (Å²) in [6.45, 7) is 3.47. The first-order valence-corrected chi connectivity index (χ1v) is 7.00. The van der Waals surface area contributed by atoms with Crippen molar-refractivity contribution in [3.8, 4) is 0 Å². The van der Waals surface area contributed by atoms with Crippen LogP contribution in [-0.4, -0.2) is 50.7 Å². The number of nitrogens with two attached hydrogens (primary N) is 2. The van der Waals surface area contributed by atoms with Gasteiger partial charge in [-0.25, -0.2) is 0 Å². The number of fused-ring (bicyclic) bond motifs is 1. The molecule has 3 heterocycles. The number of nitrogen functional groups attached to an aromatic ring is 1. The summed E-state index contributed by atoms with van der Waals surface area (Å²) in [6, 6.07) is 0. The van der Waals surface area contributed by atoms with Crippen LogP contribution in [0.5, 0.6) is 0 Å². The minimum atomic E-state index is -0.737. The number of rotatable bonds is 2. The largest absolute Gasteiger partial charge is 0.394 e. The van der Waals surface area contributed by atoms with Crippen molar-refractivity contribution in [2.75, 3.05) is 12.3 Å². The van der Waals surface area contributed by atoms with E-state index in [4.69, 9.17) is 37.9 Å². The van der Waals surface area contributed by atoms with E-state index in [2.05, 4.69) is 5.10 Å². The van der Waals surface area contributed by atoms with E-state index in [0.717, 1.165) is 0 Å². The Balaban J connectivity index is 1.94. The van der Waals surface area contributed by atoms with Gasteiger partial charge in [0.05, 0.1) is 12.8 Å². The van der Waals surface area contributed by atoms with Crippen LogP contribution < -0.4 is 11.5 Å². The molecule has 0 bridgehead atoms. The molecule has 2 aliphatic rings. The van der Waals surface area contributed by atoms with Gasteiger partial charge in [-0.3, -0.25) is 0 Å². The van der Waals surface area contributed by atoms with Crippen LogP contribution in [0.15, 0.2) is 6.20 Å². The summed E-state index contributed by atoms with van der Waals surface area (Å²) < 4.78 is 18.8. The number of ether oxygens (including phenoxy) is 3. The number of hydrogen-bond acceptors (Lipinski definition) is 7. The molecule has 0 saturated carbocycles. The van der Waals surface area contributed by atoms with E-state index in [0.29, 0.717) is 11.4 Å². The fraction of sp³-hybridized carbons (Fsp3) is 0.667. The first-order valence-electron chi connectivity index (χ1n) is 6.59. The second-order valence-corrected chi connectivity index (χ2v) is 6.00. The molecule has 4 atom stereocenters. The molecule has 0 aliphatic carbocycles. The zero-order valence-electron chi connectivity index (χ0n) is 11.7. The number of hydrogen-bond donors (Lipinski definition) is 3. The lowest BCUT2D eigenvalue weighted by atomic mass is 10.0. The van der Waals surface area contributed by atoms with Gasteiger partial charge in [0, 0.05) is 5.56 Å². The maximum Gasteiger partial charge on any atom is 0.193 e. The third-order valence-electron chi connectivity index (χ3n) is 3.68. The molecular formula is C12H18N4O4S. The third-order valence-corrected chi connectivity index (χ3v) is 3.85. The molecular weight excluding hydrogens is 296 g/mol. The lowest BCUT2D eigenvalue weighted by molar-refractivity contribution is -0.191. The lowest BCUT2D eigenvalue weighted by Crippen LogP contribution is -2.31. The maximum absolute atomic E-state index is 9.46. The van der Waals surface area contributed by atoms with Crippen molar-refractivity contribution in [3.63, 3.8) is 0 Å². The predicted octanol–water partition coefficient (Wildman–Crippen LogP) is -0.491. The van der Waals surface area contributed by atoms with E-state index >= 15 is 0 Å². The van der Waals surface area contributed by atoms with Crippen molar-refractivity contribution in [1.82, 2.24) is 9.78 Å². The number of aliphatic hydroxyl groups is 1. The molecule has 0 spiro atoms. The Labute approximate surface area is 126 Å². The minimum absolute atomic E-state index is 0.0518. The normalized spacial score (nSPS) is 34.0. The molecule has 1 aromatic rings. The summed E-state index contributed by atoms with van der Waals surface area (Å²) in [7, 11) is 0. The van der Waals surface area contributed by atoms with Crippen molar-refractivity contribution in [1.29, 1.82) is 0 Å². The van der Waals surface area contributed by atoms with Crippen LogP contribution in [-0.2, 0) is 14.2 Å². The standard InChI is InChI=1S/C12H18N4O4S/c1-12(2)19-8-6(4-17)18-7(9(8)20-12)5-3-15-16(10(5)13)11(14)21/h3,6-9,17H,4,13H2,1-2H3,(H2,14,21)/t6-,7+,8+,9?/m1/s1. The summed E-state index contributed by atoms with van der Waals surface area (Å²) >= 11 is 4.87. The highest BCUT2D eigenvalue weighted by atomic mass is 32.1. The zero-order chi connectivity index (χ0) is 15.4. The Hall–Kier alpha value is -1.26. The van der Waals surface area contributed by atoms with Crippen LogP contribution >= 0.6 is 12.2 Å². The third kappa shape index (κ3) is 2.30. The molecule has 3 rings (SSSR count). The van der Waals surface area contributed by atoms with E-state index in [1.54, 1.807) is 6.20 Å². The maximum atomic E-state index is 9.46. The molecule has 0 radical (unpaired) electrons. The van der Waals surface area contributed by atoms with E-state index in [1.807, 2.05) is 13.8 Å². The van der Waals surface area contributed by atoms with Crippen LogP contribution in [0.1, 0.15) is 25.5 Å².